The van der Waals surface area contributed by atoms with Crippen LogP contribution in [0.1, 0.15) is 24.6 Å². The topological polar surface area (TPSA) is 65.3 Å². The number of piperidine rings is 1. The fraction of sp³-hybridized carbons (Fsp3) is 0.688. The molecule has 130 valence electrons. The largest absolute Gasteiger partial charge is 0.347 e. The van der Waals surface area contributed by atoms with Crippen molar-refractivity contribution in [2.75, 3.05) is 31.2 Å². The zero-order chi connectivity index (χ0) is 16.4. The number of nitrogens with zero attached hydrogens (tertiary/aromatic N) is 5. The predicted molar refractivity (Wildman–Crippen MR) is 91.1 cm³/mol. The number of aromatic nitrogens is 4. The van der Waals surface area contributed by atoms with E-state index in [-0.39, 0.29) is 0 Å². The van der Waals surface area contributed by atoms with Crippen molar-refractivity contribution < 1.29 is 9.47 Å². The van der Waals surface area contributed by atoms with Crippen LogP contribution in [0.15, 0.2) is 17.5 Å². The molecule has 8 heteroatoms. The van der Waals surface area contributed by atoms with Gasteiger partial charge in [-0.2, -0.15) is 0 Å². The van der Waals surface area contributed by atoms with E-state index in [0.29, 0.717) is 19.1 Å². The number of aryl methyl sites for hydroxylation is 2. The van der Waals surface area contributed by atoms with Crippen molar-refractivity contribution >= 4 is 17.3 Å². The van der Waals surface area contributed by atoms with Gasteiger partial charge in [-0.1, -0.05) is 11.2 Å². The Morgan fingerprint density at radius 3 is 3.04 bits per heavy atom. The van der Waals surface area contributed by atoms with Gasteiger partial charge in [-0.05, 0) is 41.6 Å². The fourth-order valence-corrected chi connectivity index (χ4v) is 4.29. The van der Waals surface area contributed by atoms with Crippen molar-refractivity contribution in [2.24, 2.45) is 5.92 Å². The Hall–Kier alpha value is -1.51. The van der Waals surface area contributed by atoms with Crippen molar-refractivity contribution in [3.05, 3.63) is 22.4 Å². The average Bonchev–Trinajstić information content (AvgIpc) is 3.35. The Morgan fingerprint density at radius 1 is 1.38 bits per heavy atom. The molecule has 1 atom stereocenters. The number of hydrogen-bond donors (Lipinski definition) is 0. The first kappa shape index (κ1) is 16.0. The van der Waals surface area contributed by atoms with E-state index in [2.05, 4.69) is 44.9 Å². The molecule has 2 fully saturated rings. The Kier molecular flexibility index (Phi) is 4.51. The van der Waals surface area contributed by atoms with Crippen LogP contribution in [0.2, 0.25) is 0 Å². The highest BCUT2D eigenvalue weighted by Gasteiger charge is 2.42. The lowest BCUT2D eigenvalue weighted by Crippen LogP contribution is -2.47. The van der Waals surface area contributed by atoms with Crippen LogP contribution in [-0.2, 0) is 22.4 Å². The van der Waals surface area contributed by atoms with Gasteiger partial charge in [0.2, 0.25) is 5.95 Å². The van der Waals surface area contributed by atoms with Gasteiger partial charge in [0.15, 0.2) is 5.79 Å². The van der Waals surface area contributed by atoms with Gasteiger partial charge in [-0.15, -0.1) is 11.3 Å². The summed E-state index contributed by atoms with van der Waals surface area (Å²) in [5.74, 6) is 0.738. The third-order valence-electron chi connectivity index (χ3n) is 4.97. The maximum atomic E-state index is 5.87. The lowest BCUT2D eigenvalue weighted by molar-refractivity contribution is -0.182. The normalized spacial score (nSPS) is 23.7. The van der Waals surface area contributed by atoms with Gasteiger partial charge in [0.1, 0.15) is 0 Å². The highest BCUT2D eigenvalue weighted by molar-refractivity contribution is 7.09. The predicted octanol–water partition coefficient (Wildman–Crippen LogP) is 1.96. The molecule has 4 rings (SSSR count). The number of anilines is 1. The van der Waals surface area contributed by atoms with Crippen molar-refractivity contribution in [3.63, 3.8) is 0 Å². The van der Waals surface area contributed by atoms with E-state index in [4.69, 9.17) is 9.47 Å². The second kappa shape index (κ2) is 6.78. The molecule has 0 saturated carbocycles. The quantitative estimate of drug-likeness (QED) is 0.822. The van der Waals surface area contributed by atoms with Crippen molar-refractivity contribution in [3.8, 4) is 0 Å². The first-order chi connectivity index (χ1) is 11.7. The summed E-state index contributed by atoms with van der Waals surface area (Å²) in [5.41, 5.74) is 0. The maximum absolute atomic E-state index is 5.87. The molecular weight excluding hydrogens is 326 g/mol. The highest BCUT2D eigenvalue weighted by Crippen LogP contribution is 2.35. The number of rotatable bonds is 5. The summed E-state index contributed by atoms with van der Waals surface area (Å²) in [4.78, 5) is 3.63. The van der Waals surface area contributed by atoms with Crippen LogP contribution in [0.25, 0.3) is 0 Å². The van der Waals surface area contributed by atoms with Crippen LogP contribution in [0.3, 0.4) is 0 Å². The van der Waals surface area contributed by atoms with Crippen molar-refractivity contribution in [1.29, 1.82) is 0 Å². The molecular formula is C16H23N5O2S. The first-order valence-electron chi connectivity index (χ1n) is 8.56. The third kappa shape index (κ3) is 3.18. The monoisotopic (exact) mass is 349 g/mol. The van der Waals surface area contributed by atoms with Crippen LogP contribution < -0.4 is 4.90 Å². The summed E-state index contributed by atoms with van der Waals surface area (Å²) in [7, 11) is 0. The Balaban J connectivity index is 1.44. The molecule has 2 aromatic rings. The first-order valence-corrected chi connectivity index (χ1v) is 9.44. The van der Waals surface area contributed by atoms with Crippen LogP contribution in [0.5, 0.6) is 0 Å². The number of ether oxygens (including phenoxy) is 2. The summed E-state index contributed by atoms with van der Waals surface area (Å²) in [6.07, 6.45) is 3.17. The minimum Gasteiger partial charge on any atom is -0.347 e. The van der Waals surface area contributed by atoms with E-state index in [0.717, 1.165) is 44.8 Å². The molecule has 0 aromatic carbocycles. The molecule has 2 aliphatic rings. The van der Waals surface area contributed by atoms with E-state index < -0.39 is 5.79 Å². The van der Waals surface area contributed by atoms with E-state index >= 15 is 0 Å². The Bertz CT molecular complexity index is 653. The summed E-state index contributed by atoms with van der Waals surface area (Å²) in [6.45, 7) is 6.08. The summed E-state index contributed by atoms with van der Waals surface area (Å²) < 4.78 is 13.7. The zero-order valence-corrected chi connectivity index (χ0v) is 14.7. The Morgan fingerprint density at radius 2 is 2.25 bits per heavy atom. The second-order valence-corrected chi connectivity index (χ2v) is 7.56. The maximum Gasteiger partial charge on any atom is 0.245 e. The molecule has 7 nitrogen and oxygen atoms in total. The van der Waals surface area contributed by atoms with Gasteiger partial charge in [0.05, 0.1) is 19.8 Å². The van der Waals surface area contributed by atoms with Gasteiger partial charge in [-0.25, -0.2) is 4.68 Å². The number of tetrazole rings is 1. The van der Waals surface area contributed by atoms with Gasteiger partial charge < -0.3 is 14.4 Å². The summed E-state index contributed by atoms with van der Waals surface area (Å²) in [6, 6.07) is 4.24. The summed E-state index contributed by atoms with van der Waals surface area (Å²) in [5, 5.41) is 14.5. The molecule has 0 amide bonds. The van der Waals surface area contributed by atoms with Gasteiger partial charge in [0.25, 0.3) is 0 Å². The molecule has 2 aromatic heterocycles. The van der Waals surface area contributed by atoms with Crippen LogP contribution >= 0.6 is 11.3 Å². The molecule has 2 saturated heterocycles. The highest BCUT2D eigenvalue weighted by atomic mass is 32.1. The number of hydrogen-bond acceptors (Lipinski definition) is 7. The lowest BCUT2D eigenvalue weighted by Gasteiger charge is -2.39. The van der Waals surface area contributed by atoms with E-state index in [1.54, 1.807) is 11.3 Å². The van der Waals surface area contributed by atoms with E-state index in [9.17, 15) is 0 Å². The van der Waals surface area contributed by atoms with Gasteiger partial charge >= 0.3 is 0 Å². The molecule has 0 aliphatic carbocycles. The molecule has 1 unspecified atom stereocenters. The molecule has 4 heterocycles. The smallest absolute Gasteiger partial charge is 0.245 e. The second-order valence-electron chi connectivity index (χ2n) is 6.53. The van der Waals surface area contributed by atoms with Gasteiger partial charge in [-0.3, -0.25) is 0 Å². The standard InChI is InChI=1S/C16H23N5O2S/c1-16(22-9-10-23-16)13-4-2-7-20(12-13)15-17-18-19-21(15)8-6-14-5-3-11-24-14/h3,5,11,13H,2,4,6-10,12H2,1H3. The molecule has 24 heavy (non-hydrogen) atoms. The SMILES string of the molecule is CC1(C2CCCN(c3nnnn3CCc3cccs3)C2)OCCO1. The average molecular weight is 349 g/mol. The molecule has 0 spiro atoms. The Labute approximate surface area is 145 Å². The summed E-state index contributed by atoms with van der Waals surface area (Å²) >= 11 is 1.77. The minimum atomic E-state index is -0.464. The minimum absolute atomic E-state index is 0.344. The van der Waals surface area contributed by atoms with Crippen LogP contribution in [0.4, 0.5) is 5.95 Å². The van der Waals surface area contributed by atoms with E-state index in [1.807, 2.05) is 4.68 Å². The molecule has 0 radical (unpaired) electrons. The van der Waals surface area contributed by atoms with Crippen molar-refractivity contribution in [2.45, 2.75) is 38.5 Å². The molecule has 2 aliphatic heterocycles. The molecule has 0 bridgehead atoms. The lowest BCUT2D eigenvalue weighted by atomic mass is 9.90. The van der Waals surface area contributed by atoms with Gasteiger partial charge in [0, 0.05) is 30.3 Å². The van der Waals surface area contributed by atoms with Crippen LogP contribution in [0, 0.1) is 5.92 Å². The van der Waals surface area contributed by atoms with E-state index in [1.165, 1.54) is 4.88 Å². The zero-order valence-electron chi connectivity index (χ0n) is 13.9. The molecule has 0 N–H and O–H groups in total. The van der Waals surface area contributed by atoms with Crippen molar-refractivity contribution in [1.82, 2.24) is 20.2 Å². The third-order valence-corrected chi connectivity index (χ3v) is 5.91. The van der Waals surface area contributed by atoms with Crippen LogP contribution in [-0.4, -0.2) is 52.3 Å². The fourth-order valence-electron chi connectivity index (χ4n) is 3.59. The number of thiophene rings is 1.